The van der Waals surface area contributed by atoms with Crippen molar-refractivity contribution in [1.29, 1.82) is 0 Å². The first kappa shape index (κ1) is 15.4. The van der Waals surface area contributed by atoms with E-state index in [0.29, 0.717) is 18.5 Å². The molecule has 0 amide bonds. The van der Waals surface area contributed by atoms with Gasteiger partial charge in [0.05, 0.1) is 13.2 Å². The maximum Gasteiger partial charge on any atom is 0.119 e. The molecule has 1 saturated heterocycles. The van der Waals surface area contributed by atoms with E-state index in [0.717, 1.165) is 25.4 Å². The third kappa shape index (κ3) is 3.78. The maximum atomic E-state index is 9.64. The third-order valence-corrected chi connectivity index (χ3v) is 4.12. The van der Waals surface area contributed by atoms with Crippen molar-refractivity contribution in [2.75, 3.05) is 44.1 Å². The Labute approximate surface area is 125 Å². The van der Waals surface area contributed by atoms with Gasteiger partial charge in [-0.2, -0.15) is 0 Å². The Bertz CT molecular complexity index is 413. The van der Waals surface area contributed by atoms with Crippen LogP contribution in [0.2, 0.25) is 0 Å². The van der Waals surface area contributed by atoms with E-state index >= 15 is 0 Å². The molecule has 1 heterocycles. The summed E-state index contributed by atoms with van der Waals surface area (Å²) in [5.41, 5.74) is 1.22. The fraction of sp³-hybridized carbons (Fsp3) is 0.600. The zero-order chi connectivity index (χ0) is 14.5. The Hall–Kier alpha value is -0.970. The second-order valence-electron chi connectivity index (χ2n) is 5.31. The Kier molecular flexibility index (Phi) is 5.52. The van der Waals surface area contributed by atoms with Crippen molar-refractivity contribution >= 4 is 17.3 Å². The average molecular weight is 299 g/mol. The second kappa shape index (κ2) is 7.16. The van der Waals surface area contributed by atoms with E-state index in [4.69, 9.17) is 16.3 Å². The quantitative estimate of drug-likeness (QED) is 0.841. The lowest BCUT2D eigenvalue weighted by Crippen LogP contribution is -2.53. The van der Waals surface area contributed by atoms with E-state index in [1.54, 1.807) is 7.11 Å². The van der Waals surface area contributed by atoms with Gasteiger partial charge in [-0.3, -0.25) is 4.90 Å². The lowest BCUT2D eigenvalue weighted by Gasteiger charge is -2.41. The first-order chi connectivity index (χ1) is 9.63. The Morgan fingerprint density at radius 1 is 1.35 bits per heavy atom. The van der Waals surface area contributed by atoms with Crippen LogP contribution in [-0.2, 0) is 0 Å². The van der Waals surface area contributed by atoms with Crippen molar-refractivity contribution in [2.24, 2.45) is 0 Å². The van der Waals surface area contributed by atoms with Crippen molar-refractivity contribution in [3.63, 3.8) is 0 Å². The highest BCUT2D eigenvalue weighted by molar-refractivity contribution is 6.18. The number of ether oxygens (including phenoxy) is 1. The van der Waals surface area contributed by atoms with Crippen LogP contribution in [0.1, 0.15) is 6.92 Å². The summed E-state index contributed by atoms with van der Waals surface area (Å²) in [6, 6.07) is 8.59. The normalized spacial score (nSPS) is 21.8. The predicted molar refractivity (Wildman–Crippen MR) is 83.0 cm³/mol. The van der Waals surface area contributed by atoms with E-state index in [2.05, 4.69) is 28.9 Å². The van der Waals surface area contributed by atoms with Crippen LogP contribution in [0.4, 0.5) is 5.69 Å². The molecule has 20 heavy (non-hydrogen) atoms. The van der Waals surface area contributed by atoms with E-state index in [9.17, 15) is 5.11 Å². The van der Waals surface area contributed by atoms with Gasteiger partial charge < -0.3 is 14.7 Å². The molecule has 1 fully saturated rings. The molecule has 112 valence electrons. The van der Waals surface area contributed by atoms with Gasteiger partial charge in [0.2, 0.25) is 0 Å². The molecule has 1 N–H and O–H groups in total. The Morgan fingerprint density at radius 2 is 2.05 bits per heavy atom. The largest absolute Gasteiger partial charge is 0.497 e. The fourth-order valence-corrected chi connectivity index (χ4v) is 2.80. The van der Waals surface area contributed by atoms with Crippen LogP contribution in [0.3, 0.4) is 0 Å². The number of rotatable bonds is 5. The summed E-state index contributed by atoms with van der Waals surface area (Å²) >= 11 is 5.66. The zero-order valence-corrected chi connectivity index (χ0v) is 12.9. The molecule has 2 unspecified atom stereocenters. The van der Waals surface area contributed by atoms with E-state index in [1.807, 2.05) is 12.1 Å². The number of methoxy groups -OCH3 is 1. The highest BCUT2D eigenvalue weighted by Crippen LogP contribution is 2.23. The third-order valence-electron chi connectivity index (χ3n) is 3.76. The molecule has 2 rings (SSSR count). The minimum Gasteiger partial charge on any atom is -0.497 e. The molecule has 2 atom stereocenters. The summed E-state index contributed by atoms with van der Waals surface area (Å²) in [6.07, 6.45) is -0.434. The van der Waals surface area contributed by atoms with Crippen LogP contribution in [0, 0.1) is 0 Å². The van der Waals surface area contributed by atoms with Crippen LogP contribution < -0.4 is 9.64 Å². The van der Waals surface area contributed by atoms with Crippen LogP contribution in [-0.4, -0.2) is 61.3 Å². The van der Waals surface area contributed by atoms with E-state index in [1.165, 1.54) is 5.69 Å². The lowest BCUT2D eigenvalue weighted by molar-refractivity contribution is 0.117. The van der Waals surface area contributed by atoms with Crippen molar-refractivity contribution in [1.82, 2.24) is 4.90 Å². The van der Waals surface area contributed by atoms with Gasteiger partial charge in [0.15, 0.2) is 0 Å². The van der Waals surface area contributed by atoms with Crippen molar-refractivity contribution in [2.45, 2.75) is 19.1 Å². The molecule has 1 aromatic rings. The first-order valence-corrected chi connectivity index (χ1v) is 7.54. The SMILES string of the molecule is COc1ccc(N2CCN(CC(O)CCl)CC2C)cc1. The number of hydrogen-bond acceptors (Lipinski definition) is 4. The van der Waals surface area contributed by atoms with Gasteiger partial charge in [-0.05, 0) is 31.2 Å². The molecule has 5 heteroatoms. The molecule has 0 saturated carbocycles. The minimum absolute atomic E-state index is 0.299. The topological polar surface area (TPSA) is 35.9 Å². The highest BCUT2D eigenvalue weighted by atomic mass is 35.5. The number of halogens is 1. The summed E-state index contributed by atoms with van der Waals surface area (Å²) in [4.78, 5) is 4.67. The van der Waals surface area contributed by atoms with E-state index < -0.39 is 6.10 Å². The number of aliphatic hydroxyl groups excluding tert-OH is 1. The second-order valence-corrected chi connectivity index (χ2v) is 5.62. The molecular weight excluding hydrogens is 276 g/mol. The van der Waals surface area contributed by atoms with Crippen molar-refractivity contribution < 1.29 is 9.84 Å². The zero-order valence-electron chi connectivity index (χ0n) is 12.1. The summed E-state index contributed by atoms with van der Waals surface area (Å²) in [5, 5.41) is 9.64. The minimum atomic E-state index is -0.434. The molecular formula is C15H23ClN2O2. The van der Waals surface area contributed by atoms with Gasteiger partial charge >= 0.3 is 0 Å². The summed E-state index contributed by atoms with van der Waals surface area (Å²) in [7, 11) is 1.68. The standard InChI is InChI=1S/C15H23ClN2O2/c1-12-10-17(11-14(19)9-16)7-8-18(12)13-3-5-15(20-2)6-4-13/h3-6,12,14,19H,7-11H2,1-2H3. The van der Waals surface area contributed by atoms with Crippen molar-refractivity contribution in [3.05, 3.63) is 24.3 Å². The number of alkyl halides is 1. The summed E-state index contributed by atoms with van der Waals surface area (Å²) in [6.45, 7) is 5.72. The molecule has 0 aromatic heterocycles. The molecule has 1 aliphatic heterocycles. The Morgan fingerprint density at radius 3 is 2.60 bits per heavy atom. The average Bonchev–Trinajstić information content (AvgIpc) is 2.47. The maximum absolute atomic E-state index is 9.64. The summed E-state index contributed by atoms with van der Waals surface area (Å²) < 4.78 is 5.19. The number of anilines is 1. The number of aliphatic hydroxyl groups is 1. The smallest absolute Gasteiger partial charge is 0.119 e. The van der Waals surface area contributed by atoms with Crippen molar-refractivity contribution in [3.8, 4) is 5.75 Å². The van der Waals surface area contributed by atoms with E-state index in [-0.39, 0.29) is 0 Å². The lowest BCUT2D eigenvalue weighted by atomic mass is 10.1. The van der Waals surface area contributed by atoms with Gasteiger partial charge in [0, 0.05) is 43.8 Å². The van der Waals surface area contributed by atoms with Crippen LogP contribution in [0.15, 0.2) is 24.3 Å². The van der Waals surface area contributed by atoms with Gasteiger partial charge in [0.25, 0.3) is 0 Å². The fourth-order valence-electron chi connectivity index (χ4n) is 2.70. The number of benzene rings is 1. The number of piperazine rings is 1. The van der Waals surface area contributed by atoms with Gasteiger partial charge in [-0.1, -0.05) is 0 Å². The number of β-amino-alcohol motifs (C(OH)–C–C–N with tert-alkyl or cyclic N) is 1. The molecule has 1 aromatic carbocycles. The van der Waals surface area contributed by atoms with Gasteiger partial charge in [-0.15, -0.1) is 11.6 Å². The highest BCUT2D eigenvalue weighted by Gasteiger charge is 2.24. The molecule has 0 radical (unpaired) electrons. The molecule has 1 aliphatic rings. The van der Waals surface area contributed by atoms with Crippen LogP contribution >= 0.6 is 11.6 Å². The number of nitrogens with zero attached hydrogens (tertiary/aromatic N) is 2. The van der Waals surface area contributed by atoms with Crippen LogP contribution in [0.25, 0.3) is 0 Å². The molecule has 0 aliphatic carbocycles. The van der Waals surface area contributed by atoms with Gasteiger partial charge in [-0.25, -0.2) is 0 Å². The van der Waals surface area contributed by atoms with Gasteiger partial charge in [0.1, 0.15) is 5.75 Å². The first-order valence-electron chi connectivity index (χ1n) is 7.01. The summed E-state index contributed by atoms with van der Waals surface area (Å²) in [5.74, 6) is 1.18. The Balaban J connectivity index is 1.95. The molecule has 0 spiro atoms. The predicted octanol–water partition coefficient (Wildman–Crippen LogP) is 1.81. The monoisotopic (exact) mass is 298 g/mol. The molecule has 4 nitrogen and oxygen atoms in total. The number of hydrogen-bond donors (Lipinski definition) is 1. The van der Waals surface area contributed by atoms with Crippen LogP contribution in [0.5, 0.6) is 5.75 Å². The molecule has 0 bridgehead atoms.